The molecular weight excluding hydrogens is 274 g/mol. The topological polar surface area (TPSA) is 21.3 Å². The highest BCUT2D eigenvalue weighted by molar-refractivity contribution is 9.11. The van der Waals surface area contributed by atoms with E-state index in [-0.39, 0.29) is 0 Å². The van der Waals surface area contributed by atoms with Gasteiger partial charge in [0.1, 0.15) is 0 Å². The number of thiophene rings is 1. The van der Waals surface area contributed by atoms with E-state index in [4.69, 9.17) is 4.74 Å². The summed E-state index contributed by atoms with van der Waals surface area (Å²) in [6.45, 7) is 7.83. The Hall–Kier alpha value is 0.1000. The Balaban J connectivity index is 1.98. The van der Waals surface area contributed by atoms with Gasteiger partial charge in [0.05, 0.1) is 10.4 Å². The molecule has 0 bridgehead atoms. The summed E-state index contributed by atoms with van der Waals surface area (Å²) in [5, 5.41) is 3.35. The molecule has 0 aliphatic rings. The molecular formula is C11H18BrNOS. The van der Waals surface area contributed by atoms with Crippen LogP contribution in [0.2, 0.25) is 0 Å². The van der Waals surface area contributed by atoms with Crippen LogP contribution in [0.3, 0.4) is 0 Å². The maximum atomic E-state index is 5.47. The van der Waals surface area contributed by atoms with Gasteiger partial charge in [-0.1, -0.05) is 13.8 Å². The molecule has 1 heterocycles. The lowest BCUT2D eigenvalue weighted by atomic mass is 10.2. The van der Waals surface area contributed by atoms with Crippen molar-refractivity contribution in [2.45, 2.75) is 20.4 Å². The molecule has 15 heavy (non-hydrogen) atoms. The van der Waals surface area contributed by atoms with Gasteiger partial charge in [0.25, 0.3) is 0 Å². The Morgan fingerprint density at radius 1 is 1.47 bits per heavy atom. The van der Waals surface area contributed by atoms with Crippen LogP contribution in [0, 0.1) is 5.92 Å². The summed E-state index contributed by atoms with van der Waals surface area (Å²) >= 11 is 5.22. The summed E-state index contributed by atoms with van der Waals surface area (Å²) in [7, 11) is 0. The highest BCUT2D eigenvalue weighted by atomic mass is 79.9. The minimum absolute atomic E-state index is 0.623. The molecule has 0 spiro atoms. The lowest BCUT2D eigenvalue weighted by Crippen LogP contribution is -2.19. The number of nitrogens with one attached hydrogen (secondary N) is 1. The average Bonchev–Trinajstić information content (AvgIpc) is 2.57. The maximum absolute atomic E-state index is 5.47. The molecule has 0 saturated carbocycles. The van der Waals surface area contributed by atoms with Gasteiger partial charge in [-0.25, -0.2) is 0 Å². The quantitative estimate of drug-likeness (QED) is 0.779. The molecule has 0 atom stereocenters. The van der Waals surface area contributed by atoms with Crippen LogP contribution in [0.15, 0.2) is 15.9 Å². The predicted octanol–water partition coefficient (Wildman–Crippen LogP) is 3.27. The van der Waals surface area contributed by atoms with Gasteiger partial charge in [-0.15, -0.1) is 11.3 Å². The molecule has 0 aliphatic heterocycles. The molecule has 1 aromatic rings. The summed E-state index contributed by atoms with van der Waals surface area (Å²) in [5.74, 6) is 0.623. The van der Waals surface area contributed by atoms with Crippen molar-refractivity contribution < 1.29 is 4.74 Å². The zero-order valence-corrected chi connectivity index (χ0v) is 11.7. The van der Waals surface area contributed by atoms with E-state index in [0.717, 1.165) is 26.3 Å². The Morgan fingerprint density at radius 2 is 2.27 bits per heavy atom. The van der Waals surface area contributed by atoms with Gasteiger partial charge in [-0.3, -0.25) is 0 Å². The van der Waals surface area contributed by atoms with E-state index in [1.54, 1.807) is 11.3 Å². The van der Waals surface area contributed by atoms with Crippen LogP contribution < -0.4 is 5.32 Å². The average molecular weight is 292 g/mol. The maximum Gasteiger partial charge on any atom is 0.0701 e. The van der Waals surface area contributed by atoms with Crippen molar-refractivity contribution in [2.75, 3.05) is 19.8 Å². The largest absolute Gasteiger partial charge is 0.380 e. The monoisotopic (exact) mass is 291 g/mol. The van der Waals surface area contributed by atoms with Crippen molar-refractivity contribution >= 4 is 27.3 Å². The van der Waals surface area contributed by atoms with Crippen LogP contribution in [0.1, 0.15) is 18.7 Å². The highest BCUT2D eigenvalue weighted by Gasteiger charge is 1.97. The molecule has 0 unspecified atom stereocenters. The van der Waals surface area contributed by atoms with E-state index in [1.165, 1.54) is 8.66 Å². The third-order valence-corrected chi connectivity index (χ3v) is 3.43. The van der Waals surface area contributed by atoms with Crippen molar-refractivity contribution in [3.63, 3.8) is 0 Å². The normalized spacial score (nSPS) is 11.2. The minimum Gasteiger partial charge on any atom is -0.380 e. The highest BCUT2D eigenvalue weighted by Crippen LogP contribution is 2.21. The second-order valence-corrected chi connectivity index (χ2v) is 6.40. The van der Waals surface area contributed by atoms with E-state index in [0.29, 0.717) is 5.92 Å². The van der Waals surface area contributed by atoms with Gasteiger partial charge in [0.15, 0.2) is 0 Å². The Kier molecular flexibility index (Phi) is 6.48. The molecule has 0 aromatic carbocycles. The van der Waals surface area contributed by atoms with Crippen molar-refractivity contribution in [3.05, 3.63) is 20.8 Å². The number of rotatable bonds is 7. The van der Waals surface area contributed by atoms with Crippen molar-refractivity contribution in [2.24, 2.45) is 5.92 Å². The summed E-state index contributed by atoms with van der Waals surface area (Å²) in [4.78, 5) is 1.35. The summed E-state index contributed by atoms with van der Waals surface area (Å²) in [6, 6.07) is 4.22. The molecule has 0 aliphatic carbocycles. The first-order valence-corrected chi connectivity index (χ1v) is 6.82. The summed E-state index contributed by atoms with van der Waals surface area (Å²) < 4.78 is 6.66. The van der Waals surface area contributed by atoms with Crippen LogP contribution in [0.5, 0.6) is 0 Å². The van der Waals surface area contributed by atoms with Gasteiger partial charge in [-0.05, 0) is 34.0 Å². The van der Waals surface area contributed by atoms with E-state index in [1.807, 2.05) is 0 Å². The minimum atomic E-state index is 0.623. The molecule has 1 rings (SSSR count). The first-order valence-electron chi connectivity index (χ1n) is 5.21. The SMILES string of the molecule is CC(C)COCCNCc1ccc(Br)s1. The van der Waals surface area contributed by atoms with Gasteiger partial charge >= 0.3 is 0 Å². The molecule has 1 aromatic heterocycles. The predicted molar refractivity (Wildman–Crippen MR) is 69.4 cm³/mol. The summed E-state index contributed by atoms with van der Waals surface area (Å²) in [5.41, 5.74) is 0. The lowest BCUT2D eigenvalue weighted by molar-refractivity contribution is 0.111. The number of hydrogen-bond donors (Lipinski definition) is 1. The molecule has 0 saturated heterocycles. The third kappa shape index (κ3) is 6.30. The van der Waals surface area contributed by atoms with E-state index < -0.39 is 0 Å². The van der Waals surface area contributed by atoms with Gasteiger partial charge < -0.3 is 10.1 Å². The Morgan fingerprint density at radius 3 is 2.87 bits per heavy atom. The first kappa shape index (κ1) is 13.2. The number of ether oxygens (including phenoxy) is 1. The second-order valence-electron chi connectivity index (χ2n) is 3.85. The van der Waals surface area contributed by atoms with Crippen molar-refractivity contribution in [1.82, 2.24) is 5.32 Å². The smallest absolute Gasteiger partial charge is 0.0701 e. The van der Waals surface area contributed by atoms with Crippen molar-refractivity contribution in [1.29, 1.82) is 0 Å². The van der Waals surface area contributed by atoms with Crippen LogP contribution >= 0.6 is 27.3 Å². The molecule has 4 heteroatoms. The fourth-order valence-corrected chi connectivity index (χ4v) is 2.57. The van der Waals surface area contributed by atoms with E-state index >= 15 is 0 Å². The fourth-order valence-electron chi connectivity index (χ4n) is 1.12. The molecule has 86 valence electrons. The Bertz CT molecular complexity index is 275. The molecule has 2 nitrogen and oxygen atoms in total. The molecule has 0 radical (unpaired) electrons. The standard InChI is InChI=1S/C11H18BrNOS/c1-9(2)8-14-6-5-13-7-10-3-4-11(12)15-10/h3-4,9,13H,5-8H2,1-2H3. The molecule has 0 amide bonds. The van der Waals surface area contributed by atoms with Gasteiger partial charge in [0.2, 0.25) is 0 Å². The van der Waals surface area contributed by atoms with E-state index in [9.17, 15) is 0 Å². The van der Waals surface area contributed by atoms with Gasteiger partial charge in [0, 0.05) is 24.6 Å². The third-order valence-electron chi connectivity index (χ3n) is 1.80. The Labute approximate surface area is 104 Å². The number of hydrogen-bond acceptors (Lipinski definition) is 3. The molecule has 0 fully saturated rings. The fraction of sp³-hybridized carbons (Fsp3) is 0.636. The zero-order valence-electron chi connectivity index (χ0n) is 9.25. The molecule has 1 N–H and O–H groups in total. The van der Waals surface area contributed by atoms with Crippen LogP contribution in [0.4, 0.5) is 0 Å². The van der Waals surface area contributed by atoms with Crippen molar-refractivity contribution in [3.8, 4) is 0 Å². The number of halogens is 1. The zero-order chi connectivity index (χ0) is 11.1. The van der Waals surface area contributed by atoms with Crippen LogP contribution in [0.25, 0.3) is 0 Å². The van der Waals surface area contributed by atoms with Gasteiger partial charge in [-0.2, -0.15) is 0 Å². The van der Waals surface area contributed by atoms with Crippen LogP contribution in [-0.4, -0.2) is 19.8 Å². The first-order chi connectivity index (χ1) is 7.18. The lowest BCUT2D eigenvalue weighted by Gasteiger charge is -2.07. The second kappa shape index (κ2) is 7.39. The summed E-state index contributed by atoms with van der Waals surface area (Å²) in [6.07, 6.45) is 0. The van der Waals surface area contributed by atoms with Crippen LogP contribution in [-0.2, 0) is 11.3 Å². The van der Waals surface area contributed by atoms with E-state index in [2.05, 4.69) is 47.2 Å².